The fraction of sp³-hybridized carbons (Fsp3) is 0.214. The maximum atomic E-state index is 11.6. The summed E-state index contributed by atoms with van der Waals surface area (Å²) < 4.78 is 0. The van der Waals surface area contributed by atoms with Gasteiger partial charge in [-0.25, -0.2) is 0 Å². The second-order valence-electron chi connectivity index (χ2n) is 3.62. The van der Waals surface area contributed by atoms with Crippen molar-refractivity contribution in [3.05, 3.63) is 42.5 Å². The summed E-state index contributed by atoms with van der Waals surface area (Å²) >= 11 is 0. The van der Waals surface area contributed by atoms with E-state index in [2.05, 4.69) is 23.1 Å². The average Bonchev–Trinajstić information content (AvgIpc) is 2.36. The first-order valence-electron chi connectivity index (χ1n) is 5.39. The van der Waals surface area contributed by atoms with Gasteiger partial charge in [0.05, 0.1) is 0 Å². The number of amides is 1. The molecule has 1 unspecified atom stereocenters. The van der Waals surface area contributed by atoms with Crippen LogP contribution in [0.1, 0.15) is 12.5 Å². The number of terminal acetylenes is 1. The summed E-state index contributed by atoms with van der Waals surface area (Å²) in [7, 11) is 0. The Morgan fingerprint density at radius 1 is 1.65 bits per heavy atom. The minimum absolute atomic E-state index is 0.0731. The number of hydrogen-bond donors (Lipinski definition) is 2. The molecule has 1 atom stereocenters. The minimum atomic E-state index is -0.317. The molecule has 1 amide bonds. The van der Waals surface area contributed by atoms with Crippen LogP contribution in [0.5, 0.6) is 0 Å². The van der Waals surface area contributed by atoms with Gasteiger partial charge in [0, 0.05) is 17.8 Å². The zero-order valence-corrected chi connectivity index (χ0v) is 9.86. The second-order valence-corrected chi connectivity index (χ2v) is 3.62. The van der Waals surface area contributed by atoms with E-state index in [0.717, 1.165) is 11.3 Å². The number of carbonyl (C=O) groups excluding carboxylic acids is 1. The zero-order valence-electron chi connectivity index (χ0n) is 9.86. The summed E-state index contributed by atoms with van der Waals surface area (Å²) in [6.45, 7) is 5.80. The number of anilines is 1. The Hall–Kier alpha value is -2.21. The van der Waals surface area contributed by atoms with Crippen LogP contribution in [0.15, 0.2) is 36.9 Å². The fourth-order valence-corrected chi connectivity index (χ4v) is 1.34. The standard InChI is InChI=1S/C14H16N2O/c1-4-9-15-14(17)11(3)16-13-8-6-7-12(5-2)10-13/h2,4,6-8,10-11,16H,1,9H2,3H3,(H,15,17). The molecular weight excluding hydrogens is 212 g/mol. The number of hydrogen-bond acceptors (Lipinski definition) is 2. The molecule has 2 N–H and O–H groups in total. The third kappa shape index (κ3) is 4.04. The molecule has 0 heterocycles. The summed E-state index contributed by atoms with van der Waals surface area (Å²) in [5.74, 6) is 2.48. The summed E-state index contributed by atoms with van der Waals surface area (Å²) in [4.78, 5) is 11.6. The van der Waals surface area contributed by atoms with Crippen LogP contribution < -0.4 is 10.6 Å². The highest BCUT2D eigenvalue weighted by atomic mass is 16.2. The lowest BCUT2D eigenvalue weighted by Gasteiger charge is -2.14. The lowest BCUT2D eigenvalue weighted by atomic mass is 10.2. The Labute approximate surface area is 102 Å². The molecule has 0 aromatic heterocycles. The summed E-state index contributed by atoms with van der Waals surface area (Å²) in [6.07, 6.45) is 6.95. The van der Waals surface area contributed by atoms with Gasteiger partial charge in [0.1, 0.15) is 6.04 Å². The molecule has 0 aliphatic carbocycles. The second kappa shape index (κ2) is 6.39. The predicted octanol–water partition coefficient (Wildman–Crippen LogP) is 1.77. The Kier molecular flexibility index (Phi) is 4.83. The van der Waals surface area contributed by atoms with E-state index in [9.17, 15) is 4.79 Å². The SMILES string of the molecule is C#Cc1cccc(NC(C)C(=O)NCC=C)c1. The monoisotopic (exact) mass is 228 g/mol. The van der Waals surface area contributed by atoms with Crippen molar-refractivity contribution >= 4 is 11.6 Å². The number of nitrogens with one attached hydrogen (secondary N) is 2. The van der Waals surface area contributed by atoms with Crippen molar-refractivity contribution in [3.63, 3.8) is 0 Å². The van der Waals surface area contributed by atoms with Crippen molar-refractivity contribution in [1.29, 1.82) is 0 Å². The van der Waals surface area contributed by atoms with Crippen LogP contribution >= 0.6 is 0 Å². The van der Waals surface area contributed by atoms with Crippen LogP contribution in [0.2, 0.25) is 0 Å². The number of benzene rings is 1. The summed E-state index contributed by atoms with van der Waals surface area (Å²) in [5, 5.41) is 5.80. The Morgan fingerprint density at radius 2 is 2.41 bits per heavy atom. The molecule has 0 aliphatic rings. The van der Waals surface area contributed by atoms with E-state index in [4.69, 9.17) is 6.42 Å². The molecule has 1 aromatic rings. The van der Waals surface area contributed by atoms with Crippen molar-refractivity contribution in [3.8, 4) is 12.3 Å². The van der Waals surface area contributed by atoms with E-state index in [1.165, 1.54) is 0 Å². The molecule has 0 spiro atoms. The first kappa shape index (κ1) is 12.9. The normalized spacial score (nSPS) is 11.1. The maximum absolute atomic E-state index is 11.6. The van der Waals surface area contributed by atoms with Crippen LogP contribution in [0, 0.1) is 12.3 Å². The first-order chi connectivity index (χ1) is 8.17. The van der Waals surface area contributed by atoms with Crippen LogP contribution in [0.4, 0.5) is 5.69 Å². The highest BCUT2D eigenvalue weighted by Crippen LogP contribution is 2.10. The molecule has 17 heavy (non-hydrogen) atoms. The summed E-state index contributed by atoms with van der Waals surface area (Å²) in [5.41, 5.74) is 1.62. The van der Waals surface area contributed by atoms with Crippen molar-refractivity contribution in [1.82, 2.24) is 5.32 Å². The third-order valence-corrected chi connectivity index (χ3v) is 2.23. The Morgan fingerprint density at radius 3 is 3.06 bits per heavy atom. The number of rotatable bonds is 5. The molecule has 3 heteroatoms. The molecule has 0 saturated carbocycles. The van der Waals surface area contributed by atoms with Crippen molar-refractivity contribution in [2.75, 3.05) is 11.9 Å². The average molecular weight is 228 g/mol. The van der Waals surface area contributed by atoms with E-state index in [-0.39, 0.29) is 11.9 Å². The highest BCUT2D eigenvalue weighted by molar-refractivity contribution is 5.84. The zero-order chi connectivity index (χ0) is 12.7. The van der Waals surface area contributed by atoms with Crippen LogP contribution in [-0.2, 0) is 4.79 Å². The van der Waals surface area contributed by atoms with Gasteiger partial charge in [-0.05, 0) is 25.1 Å². The largest absolute Gasteiger partial charge is 0.374 e. The van der Waals surface area contributed by atoms with Crippen molar-refractivity contribution in [2.24, 2.45) is 0 Å². The van der Waals surface area contributed by atoms with E-state index >= 15 is 0 Å². The lowest BCUT2D eigenvalue weighted by Crippen LogP contribution is -2.37. The molecule has 0 radical (unpaired) electrons. The Balaban J connectivity index is 2.61. The smallest absolute Gasteiger partial charge is 0.242 e. The first-order valence-corrected chi connectivity index (χ1v) is 5.39. The van der Waals surface area contributed by atoms with E-state index in [1.807, 2.05) is 24.3 Å². The van der Waals surface area contributed by atoms with Crippen molar-refractivity contribution < 1.29 is 4.79 Å². The van der Waals surface area contributed by atoms with Gasteiger partial charge in [0.15, 0.2) is 0 Å². The summed E-state index contributed by atoms with van der Waals surface area (Å²) in [6, 6.07) is 7.08. The van der Waals surface area contributed by atoms with Crippen LogP contribution in [0.25, 0.3) is 0 Å². The van der Waals surface area contributed by atoms with E-state index in [1.54, 1.807) is 13.0 Å². The molecule has 0 saturated heterocycles. The minimum Gasteiger partial charge on any atom is -0.374 e. The van der Waals surface area contributed by atoms with Gasteiger partial charge in [-0.2, -0.15) is 0 Å². The molecular formula is C14H16N2O. The van der Waals surface area contributed by atoms with Crippen LogP contribution in [-0.4, -0.2) is 18.5 Å². The molecule has 1 aromatic carbocycles. The number of carbonyl (C=O) groups is 1. The lowest BCUT2D eigenvalue weighted by molar-refractivity contribution is -0.121. The van der Waals surface area contributed by atoms with E-state index < -0.39 is 0 Å². The molecule has 0 fully saturated rings. The molecule has 0 aliphatic heterocycles. The van der Waals surface area contributed by atoms with Gasteiger partial charge >= 0.3 is 0 Å². The molecule has 1 rings (SSSR count). The van der Waals surface area contributed by atoms with Gasteiger partial charge in [-0.15, -0.1) is 13.0 Å². The van der Waals surface area contributed by atoms with Gasteiger partial charge in [-0.1, -0.05) is 18.1 Å². The molecule has 3 nitrogen and oxygen atoms in total. The van der Waals surface area contributed by atoms with Gasteiger partial charge in [0.25, 0.3) is 0 Å². The fourth-order valence-electron chi connectivity index (χ4n) is 1.34. The van der Waals surface area contributed by atoms with E-state index in [0.29, 0.717) is 6.54 Å². The van der Waals surface area contributed by atoms with Gasteiger partial charge < -0.3 is 10.6 Å². The Bertz CT molecular complexity index is 446. The van der Waals surface area contributed by atoms with Gasteiger partial charge in [-0.3, -0.25) is 4.79 Å². The highest BCUT2D eigenvalue weighted by Gasteiger charge is 2.10. The predicted molar refractivity (Wildman–Crippen MR) is 70.7 cm³/mol. The van der Waals surface area contributed by atoms with Crippen LogP contribution in [0.3, 0.4) is 0 Å². The maximum Gasteiger partial charge on any atom is 0.242 e. The van der Waals surface area contributed by atoms with Gasteiger partial charge in [0.2, 0.25) is 5.91 Å². The van der Waals surface area contributed by atoms with Crippen molar-refractivity contribution in [2.45, 2.75) is 13.0 Å². The topological polar surface area (TPSA) is 41.1 Å². The molecule has 0 bridgehead atoms. The molecule has 88 valence electrons. The third-order valence-electron chi connectivity index (χ3n) is 2.23. The quantitative estimate of drug-likeness (QED) is 0.595.